The highest BCUT2D eigenvalue weighted by molar-refractivity contribution is 5.96. The highest BCUT2D eigenvalue weighted by atomic mass is 16.2. The quantitative estimate of drug-likeness (QED) is 0.842. The number of nitrogens with one attached hydrogen (secondary N) is 2. The predicted octanol–water partition coefficient (Wildman–Crippen LogP) is 1.31. The maximum atomic E-state index is 12.2. The second-order valence-electron chi connectivity index (χ2n) is 7.65. The minimum absolute atomic E-state index is 0.121. The van der Waals surface area contributed by atoms with E-state index < -0.39 is 0 Å². The van der Waals surface area contributed by atoms with Gasteiger partial charge in [0, 0.05) is 49.5 Å². The first-order chi connectivity index (χ1) is 12.0. The van der Waals surface area contributed by atoms with E-state index in [-0.39, 0.29) is 17.7 Å². The fraction of sp³-hybridized carbons (Fsp3) is 0.667. The summed E-state index contributed by atoms with van der Waals surface area (Å²) in [5.74, 6) is 2.06. The number of nitrogens with zero attached hydrogens (tertiary/aromatic N) is 3. The van der Waals surface area contributed by atoms with Gasteiger partial charge in [0.25, 0.3) is 5.91 Å². The monoisotopic (exact) mass is 343 g/mol. The number of carbonyl (C=O) groups is 2. The Kier molecular flexibility index (Phi) is 4.09. The van der Waals surface area contributed by atoms with Gasteiger partial charge >= 0.3 is 0 Å². The van der Waals surface area contributed by atoms with Crippen LogP contribution in [0, 0.1) is 5.92 Å². The van der Waals surface area contributed by atoms with Crippen molar-refractivity contribution < 1.29 is 9.59 Å². The molecule has 3 heterocycles. The number of rotatable bonds is 5. The fourth-order valence-corrected chi connectivity index (χ4v) is 3.64. The lowest BCUT2D eigenvalue weighted by atomic mass is 10.0. The van der Waals surface area contributed by atoms with E-state index in [0.717, 1.165) is 37.2 Å². The van der Waals surface area contributed by atoms with Crippen LogP contribution in [0.3, 0.4) is 0 Å². The zero-order valence-corrected chi connectivity index (χ0v) is 14.8. The maximum absolute atomic E-state index is 12.2. The van der Waals surface area contributed by atoms with Crippen molar-refractivity contribution in [2.75, 3.05) is 25.0 Å². The third-order valence-corrected chi connectivity index (χ3v) is 5.20. The normalized spacial score (nSPS) is 23.0. The van der Waals surface area contributed by atoms with Crippen molar-refractivity contribution >= 4 is 17.6 Å². The summed E-state index contributed by atoms with van der Waals surface area (Å²) in [6.07, 6.45) is 3.64. The molecule has 134 valence electrons. The maximum Gasteiger partial charge on any atom is 0.270 e. The predicted molar refractivity (Wildman–Crippen MR) is 93.5 cm³/mol. The summed E-state index contributed by atoms with van der Waals surface area (Å²) in [4.78, 5) is 35.4. The van der Waals surface area contributed by atoms with Crippen molar-refractivity contribution in [3.8, 4) is 0 Å². The molecule has 1 saturated heterocycles. The zero-order valence-electron chi connectivity index (χ0n) is 14.8. The zero-order chi connectivity index (χ0) is 17.6. The molecule has 2 N–H and O–H groups in total. The standard InChI is InChI=1S/C18H25N5O2/c1-10(2)16-21-15-13(5-6-19-18(15)25)17(22-16)20-8-11-7-14(24)23(9-11)12-3-4-12/h10-12H,3-9H2,1-2H3,(H,19,25)(H,20,21,22). The Morgan fingerprint density at radius 3 is 2.80 bits per heavy atom. The number of hydrogen-bond donors (Lipinski definition) is 2. The van der Waals surface area contributed by atoms with Crippen molar-refractivity contribution in [1.82, 2.24) is 20.2 Å². The van der Waals surface area contributed by atoms with E-state index in [1.807, 2.05) is 18.7 Å². The Morgan fingerprint density at radius 2 is 2.08 bits per heavy atom. The van der Waals surface area contributed by atoms with Crippen LogP contribution in [0.4, 0.5) is 5.82 Å². The first-order valence-corrected chi connectivity index (χ1v) is 9.25. The van der Waals surface area contributed by atoms with Crippen LogP contribution in [-0.2, 0) is 11.2 Å². The van der Waals surface area contributed by atoms with E-state index in [2.05, 4.69) is 20.6 Å². The van der Waals surface area contributed by atoms with Crippen molar-refractivity contribution in [3.63, 3.8) is 0 Å². The van der Waals surface area contributed by atoms with Gasteiger partial charge in [-0.15, -0.1) is 0 Å². The number of amides is 2. The molecule has 0 bridgehead atoms. The van der Waals surface area contributed by atoms with E-state index >= 15 is 0 Å². The van der Waals surface area contributed by atoms with Gasteiger partial charge in [0.1, 0.15) is 17.3 Å². The Balaban J connectivity index is 1.51. The van der Waals surface area contributed by atoms with Crippen LogP contribution in [0.5, 0.6) is 0 Å². The van der Waals surface area contributed by atoms with Gasteiger partial charge in [-0.2, -0.15) is 0 Å². The lowest BCUT2D eigenvalue weighted by Gasteiger charge is -2.22. The number of likely N-dealkylation sites (tertiary alicyclic amines) is 1. The minimum atomic E-state index is -0.121. The molecule has 0 aromatic carbocycles. The van der Waals surface area contributed by atoms with E-state index in [9.17, 15) is 9.59 Å². The Bertz CT molecular complexity index is 714. The molecule has 2 amide bonds. The van der Waals surface area contributed by atoms with Crippen molar-refractivity contribution in [3.05, 3.63) is 17.1 Å². The van der Waals surface area contributed by atoms with Gasteiger partial charge < -0.3 is 15.5 Å². The SMILES string of the molecule is CC(C)c1nc(NCC2CC(=O)N(C3CC3)C2)c2c(n1)C(=O)NCC2. The van der Waals surface area contributed by atoms with E-state index in [4.69, 9.17) is 0 Å². The highest BCUT2D eigenvalue weighted by Crippen LogP contribution is 2.33. The Morgan fingerprint density at radius 1 is 1.28 bits per heavy atom. The molecule has 1 unspecified atom stereocenters. The number of hydrogen-bond acceptors (Lipinski definition) is 5. The molecule has 2 aliphatic heterocycles. The number of carbonyl (C=O) groups excluding carboxylic acids is 2. The molecular weight excluding hydrogens is 318 g/mol. The van der Waals surface area contributed by atoms with Gasteiger partial charge in [-0.3, -0.25) is 9.59 Å². The average Bonchev–Trinajstić information content (AvgIpc) is 3.36. The number of aromatic nitrogens is 2. The topological polar surface area (TPSA) is 87.2 Å². The van der Waals surface area contributed by atoms with Crippen molar-refractivity contribution in [2.24, 2.45) is 5.92 Å². The highest BCUT2D eigenvalue weighted by Gasteiger charge is 2.39. The third-order valence-electron chi connectivity index (χ3n) is 5.20. The minimum Gasteiger partial charge on any atom is -0.369 e. The molecule has 1 aromatic rings. The van der Waals surface area contributed by atoms with Crippen LogP contribution in [0.1, 0.15) is 60.9 Å². The fourth-order valence-electron chi connectivity index (χ4n) is 3.64. The first-order valence-electron chi connectivity index (χ1n) is 9.25. The summed E-state index contributed by atoms with van der Waals surface area (Å²) in [6, 6.07) is 0.487. The molecule has 7 nitrogen and oxygen atoms in total. The van der Waals surface area contributed by atoms with Gasteiger partial charge in [0.2, 0.25) is 5.91 Å². The van der Waals surface area contributed by atoms with Gasteiger partial charge in [0.15, 0.2) is 0 Å². The molecule has 4 rings (SSSR count). The van der Waals surface area contributed by atoms with Crippen LogP contribution >= 0.6 is 0 Å². The van der Waals surface area contributed by atoms with Gasteiger partial charge in [-0.1, -0.05) is 13.8 Å². The van der Waals surface area contributed by atoms with Crippen molar-refractivity contribution in [2.45, 2.75) is 51.5 Å². The molecule has 0 spiro atoms. The average molecular weight is 343 g/mol. The molecule has 25 heavy (non-hydrogen) atoms. The number of anilines is 1. The summed E-state index contributed by atoms with van der Waals surface area (Å²) in [7, 11) is 0. The second kappa shape index (κ2) is 6.28. The molecule has 1 saturated carbocycles. The van der Waals surface area contributed by atoms with Gasteiger partial charge in [-0.25, -0.2) is 9.97 Å². The Hall–Kier alpha value is -2.18. The molecular formula is C18H25N5O2. The summed E-state index contributed by atoms with van der Waals surface area (Å²) in [5.41, 5.74) is 1.39. The van der Waals surface area contributed by atoms with E-state index in [1.54, 1.807) is 0 Å². The third kappa shape index (κ3) is 3.19. The molecule has 2 fully saturated rings. The lowest BCUT2D eigenvalue weighted by molar-refractivity contribution is -0.128. The largest absolute Gasteiger partial charge is 0.369 e. The van der Waals surface area contributed by atoms with Gasteiger partial charge in [0.05, 0.1) is 0 Å². The summed E-state index contributed by atoms with van der Waals surface area (Å²) >= 11 is 0. The van der Waals surface area contributed by atoms with Gasteiger partial charge in [-0.05, 0) is 19.3 Å². The summed E-state index contributed by atoms with van der Waals surface area (Å²) < 4.78 is 0. The smallest absolute Gasteiger partial charge is 0.270 e. The van der Waals surface area contributed by atoms with E-state index in [0.29, 0.717) is 43.0 Å². The van der Waals surface area contributed by atoms with Crippen LogP contribution < -0.4 is 10.6 Å². The summed E-state index contributed by atoms with van der Waals surface area (Å²) in [5, 5.41) is 6.27. The number of fused-ring (bicyclic) bond motifs is 1. The van der Waals surface area contributed by atoms with Crippen molar-refractivity contribution in [1.29, 1.82) is 0 Å². The van der Waals surface area contributed by atoms with Crippen LogP contribution in [0.25, 0.3) is 0 Å². The molecule has 0 radical (unpaired) electrons. The lowest BCUT2D eigenvalue weighted by Crippen LogP contribution is -2.34. The van der Waals surface area contributed by atoms with Crippen LogP contribution in [0.2, 0.25) is 0 Å². The summed E-state index contributed by atoms with van der Waals surface area (Å²) in [6.45, 7) is 6.20. The molecule has 1 aliphatic carbocycles. The molecule has 1 aromatic heterocycles. The van der Waals surface area contributed by atoms with Crippen LogP contribution in [0.15, 0.2) is 0 Å². The molecule has 7 heteroatoms. The molecule has 3 aliphatic rings. The Labute approximate surface area is 147 Å². The second-order valence-corrected chi connectivity index (χ2v) is 7.65. The molecule has 1 atom stereocenters. The van der Waals surface area contributed by atoms with E-state index in [1.165, 1.54) is 0 Å². The first kappa shape index (κ1) is 16.3. The van der Waals surface area contributed by atoms with Crippen LogP contribution in [-0.4, -0.2) is 52.4 Å².